The standard InChI is InChI=1S/C36H58O2/c1-23(2)9-8-10-26(5)31-13-14-32-30-12-11-28-22-29(38-34(37)27-20-24(3)19-25(4)21-27)15-17-35(28,6)33(30)16-18-36(31,32)7/h11,19,23-24,26-27,29-33H,8-10,12-18,20-22H2,1-7H3. The van der Waals surface area contributed by atoms with E-state index in [1.165, 1.54) is 63.4 Å². The van der Waals surface area contributed by atoms with Crippen molar-refractivity contribution in [2.24, 2.45) is 58.2 Å². The van der Waals surface area contributed by atoms with Crippen molar-refractivity contribution in [3.8, 4) is 0 Å². The molecule has 0 aliphatic heterocycles. The maximum absolute atomic E-state index is 13.1. The van der Waals surface area contributed by atoms with Gasteiger partial charge in [-0.05, 0) is 117 Å². The van der Waals surface area contributed by atoms with Crippen LogP contribution in [0.5, 0.6) is 0 Å². The van der Waals surface area contributed by atoms with E-state index in [2.05, 4.69) is 60.6 Å². The molecular formula is C36H58O2. The zero-order chi connectivity index (χ0) is 27.2. The van der Waals surface area contributed by atoms with Crippen LogP contribution >= 0.6 is 0 Å². The van der Waals surface area contributed by atoms with Crippen LogP contribution in [-0.2, 0) is 9.53 Å². The molecule has 0 saturated heterocycles. The molecule has 10 atom stereocenters. The molecule has 0 aromatic rings. The van der Waals surface area contributed by atoms with Crippen LogP contribution in [0, 0.1) is 58.2 Å². The maximum atomic E-state index is 13.1. The van der Waals surface area contributed by atoms with Crippen LogP contribution in [0.3, 0.4) is 0 Å². The Morgan fingerprint density at radius 1 is 1.03 bits per heavy atom. The second kappa shape index (κ2) is 11.1. The molecule has 2 nitrogen and oxygen atoms in total. The number of esters is 1. The summed E-state index contributed by atoms with van der Waals surface area (Å²) in [6.45, 7) is 17.0. The Bertz CT molecular complexity index is 928. The predicted octanol–water partition coefficient (Wildman–Crippen LogP) is 9.93. The molecule has 0 radical (unpaired) electrons. The van der Waals surface area contributed by atoms with Crippen LogP contribution in [0.25, 0.3) is 0 Å². The van der Waals surface area contributed by atoms with Crippen LogP contribution < -0.4 is 0 Å². The number of allylic oxidation sites excluding steroid dienone is 3. The molecule has 214 valence electrons. The van der Waals surface area contributed by atoms with E-state index in [-0.39, 0.29) is 18.0 Å². The third-order valence-electron chi connectivity index (χ3n) is 12.7. The van der Waals surface area contributed by atoms with E-state index in [1.807, 2.05) is 0 Å². The van der Waals surface area contributed by atoms with E-state index in [1.54, 1.807) is 5.57 Å². The lowest BCUT2D eigenvalue weighted by Gasteiger charge is -2.58. The quantitative estimate of drug-likeness (QED) is 0.246. The Labute approximate surface area is 234 Å². The molecule has 0 spiro atoms. The molecule has 38 heavy (non-hydrogen) atoms. The zero-order valence-corrected chi connectivity index (χ0v) is 25.9. The summed E-state index contributed by atoms with van der Waals surface area (Å²) in [4.78, 5) is 13.1. The lowest BCUT2D eigenvalue weighted by molar-refractivity contribution is -0.157. The van der Waals surface area contributed by atoms with Gasteiger partial charge in [0.2, 0.25) is 0 Å². The first-order valence-electron chi connectivity index (χ1n) is 16.6. The average molecular weight is 523 g/mol. The normalized spacial score (nSPS) is 43.4. The number of carbonyl (C=O) groups excluding carboxylic acids is 1. The molecule has 0 aromatic carbocycles. The van der Waals surface area contributed by atoms with Crippen molar-refractivity contribution in [1.29, 1.82) is 0 Å². The van der Waals surface area contributed by atoms with Crippen LogP contribution in [0.2, 0.25) is 0 Å². The number of ether oxygens (including phenoxy) is 1. The Balaban J connectivity index is 1.23. The third kappa shape index (κ3) is 5.33. The molecule has 5 rings (SSSR count). The average Bonchev–Trinajstić information content (AvgIpc) is 3.20. The summed E-state index contributed by atoms with van der Waals surface area (Å²) in [5.74, 6) is 5.87. The maximum Gasteiger partial charge on any atom is 0.309 e. The Morgan fingerprint density at radius 2 is 1.82 bits per heavy atom. The second-order valence-corrected chi connectivity index (χ2v) is 15.7. The molecule has 0 N–H and O–H groups in total. The molecule has 0 amide bonds. The summed E-state index contributed by atoms with van der Waals surface area (Å²) >= 11 is 0. The Hall–Kier alpha value is -1.05. The Morgan fingerprint density at radius 3 is 2.55 bits per heavy atom. The van der Waals surface area contributed by atoms with Gasteiger partial charge in [0.25, 0.3) is 0 Å². The monoisotopic (exact) mass is 522 g/mol. The van der Waals surface area contributed by atoms with Gasteiger partial charge in [0, 0.05) is 6.42 Å². The highest BCUT2D eigenvalue weighted by molar-refractivity contribution is 5.73. The van der Waals surface area contributed by atoms with E-state index in [0.717, 1.165) is 61.2 Å². The molecule has 5 aliphatic rings. The number of rotatable bonds is 7. The van der Waals surface area contributed by atoms with Crippen LogP contribution in [0.15, 0.2) is 23.3 Å². The zero-order valence-electron chi connectivity index (χ0n) is 25.9. The minimum atomic E-state index is 0.0622. The van der Waals surface area contributed by atoms with Crippen LogP contribution in [-0.4, -0.2) is 12.1 Å². The van der Waals surface area contributed by atoms with Crippen LogP contribution in [0.1, 0.15) is 132 Å². The minimum absolute atomic E-state index is 0.0622. The first kappa shape index (κ1) is 28.5. The summed E-state index contributed by atoms with van der Waals surface area (Å²) in [5.41, 5.74) is 3.87. The van der Waals surface area contributed by atoms with Crippen molar-refractivity contribution in [2.45, 2.75) is 138 Å². The summed E-state index contributed by atoms with van der Waals surface area (Å²) in [6.07, 6.45) is 21.4. The Kier molecular flexibility index (Phi) is 8.30. The van der Waals surface area contributed by atoms with Gasteiger partial charge >= 0.3 is 5.97 Å². The highest BCUT2D eigenvalue weighted by Crippen LogP contribution is 2.67. The molecule has 3 fully saturated rings. The van der Waals surface area contributed by atoms with Crippen molar-refractivity contribution in [1.82, 2.24) is 0 Å². The van der Waals surface area contributed by atoms with Gasteiger partial charge in [0.15, 0.2) is 0 Å². The molecule has 5 aliphatic carbocycles. The molecule has 0 heterocycles. The van der Waals surface area contributed by atoms with Crippen molar-refractivity contribution in [3.63, 3.8) is 0 Å². The van der Waals surface area contributed by atoms with Crippen molar-refractivity contribution < 1.29 is 9.53 Å². The molecule has 0 aromatic heterocycles. The summed E-state index contributed by atoms with van der Waals surface area (Å²) in [5, 5.41) is 0. The van der Waals surface area contributed by atoms with Gasteiger partial charge in [-0.1, -0.05) is 84.1 Å². The second-order valence-electron chi connectivity index (χ2n) is 15.7. The largest absolute Gasteiger partial charge is 0.462 e. The number of hydrogen-bond donors (Lipinski definition) is 0. The number of fused-ring (bicyclic) bond motifs is 5. The van der Waals surface area contributed by atoms with E-state index in [0.29, 0.717) is 16.7 Å². The minimum Gasteiger partial charge on any atom is -0.462 e. The van der Waals surface area contributed by atoms with Crippen LogP contribution in [0.4, 0.5) is 0 Å². The van der Waals surface area contributed by atoms with Crippen molar-refractivity contribution in [3.05, 3.63) is 23.3 Å². The van der Waals surface area contributed by atoms with Gasteiger partial charge in [-0.25, -0.2) is 0 Å². The predicted molar refractivity (Wildman–Crippen MR) is 159 cm³/mol. The molecule has 3 saturated carbocycles. The highest BCUT2D eigenvalue weighted by Gasteiger charge is 2.59. The fourth-order valence-corrected chi connectivity index (χ4v) is 10.7. The van der Waals surface area contributed by atoms with E-state index < -0.39 is 0 Å². The summed E-state index contributed by atoms with van der Waals surface area (Å²) in [7, 11) is 0. The SMILES string of the molecule is CC1=CC(C)CC(C(=O)OC2CCC3(C)C(=CCC4C3CCC3(C)C(C(C)CCCC(C)C)CCC43)C2)C1. The van der Waals surface area contributed by atoms with Gasteiger partial charge in [-0.15, -0.1) is 0 Å². The fourth-order valence-electron chi connectivity index (χ4n) is 10.7. The van der Waals surface area contributed by atoms with Gasteiger partial charge in [0.05, 0.1) is 5.92 Å². The van der Waals surface area contributed by atoms with Gasteiger partial charge in [0.1, 0.15) is 6.10 Å². The smallest absolute Gasteiger partial charge is 0.309 e. The van der Waals surface area contributed by atoms with E-state index >= 15 is 0 Å². The fraction of sp³-hybridized carbons (Fsp3) is 0.861. The van der Waals surface area contributed by atoms with Crippen molar-refractivity contribution >= 4 is 5.97 Å². The highest BCUT2D eigenvalue weighted by atomic mass is 16.5. The first-order chi connectivity index (χ1) is 18.0. The van der Waals surface area contributed by atoms with Gasteiger partial charge in [-0.2, -0.15) is 0 Å². The first-order valence-corrected chi connectivity index (χ1v) is 16.6. The molecule has 10 unspecified atom stereocenters. The molecule has 2 heteroatoms. The lowest BCUT2D eigenvalue weighted by atomic mass is 9.47. The number of carbonyl (C=O) groups is 1. The van der Waals surface area contributed by atoms with E-state index in [4.69, 9.17) is 4.74 Å². The third-order valence-corrected chi connectivity index (χ3v) is 12.7. The number of hydrogen-bond acceptors (Lipinski definition) is 2. The lowest BCUT2D eigenvalue weighted by Crippen LogP contribution is -2.51. The van der Waals surface area contributed by atoms with Crippen molar-refractivity contribution in [2.75, 3.05) is 0 Å². The molecular weight excluding hydrogens is 464 g/mol. The molecule has 0 bridgehead atoms. The van der Waals surface area contributed by atoms with E-state index in [9.17, 15) is 4.79 Å². The summed E-state index contributed by atoms with van der Waals surface area (Å²) in [6, 6.07) is 0. The summed E-state index contributed by atoms with van der Waals surface area (Å²) < 4.78 is 6.22. The van der Waals surface area contributed by atoms with Gasteiger partial charge in [-0.3, -0.25) is 4.79 Å². The topological polar surface area (TPSA) is 26.3 Å². The van der Waals surface area contributed by atoms with Gasteiger partial charge < -0.3 is 4.74 Å².